The molecule has 0 unspecified atom stereocenters. The summed E-state index contributed by atoms with van der Waals surface area (Å²) in [5.41, 5.74) is 4.99. The smallest absolute Gasteiger partial charge is 0.190 e. The van der Waals surface area contributed by atoms with Crippen molar-refractivity contribution in [2.24, 2.45) is 4.99 Å². The summed E-state index contributed by atoms with van der Waals surface area (Å²) in [6.45, 7) is 3.73. The van der Waals surface area contributed by atoms with E-state index >= 15 is 0 Å². The molecule has 0 fully saturated rings. The molecule has 0 aliphatic rings. The van der Waals surface area contributed by atoms with Gasteiger partial charge >= 0.3 is 0 Å². The highest BCUT2D eigenvalue weighted by molar-refractivity contribution is 5.86. The highest BCUT2D eigenvalue weighted by Gasteiger charge is 2.07. The molecule has 154 valence electrons. The molecule has 3 aromatic rings. The zero-order valence-corrected chi connectivity index (χ0v) is 17.6. The lowest BCUT2D eigenvalue weighted by Gasteiger charge is -2.13. The third-order valence-corrected chi connectivity index (χ3v) is 5.07. The molecular weight excluding hydrogens is 364 g/mol. The molecule has 1 aromatic heterocycles. The number of aryl methyl sites for hydroxylation is 1. The van der Waals surface area contributed by atoms with Gasteiger partial charge in [-0.1, -0.05) is 24.3 Å². The van der Waals surface area contributed by atoms with Crippen LogP contribution in [0.5, 0.6) is 11.5 Å². The molecule has 0 spiro atoms. The predicted octanol–water partition coefficient (Wildman–Crippen LogP) is 3.44. The monoisotopic (exact) mass is 394 g/mol. The van der Waals surface area contributed by atoms with Gasteiger partial charge in [-0.05, 0) is 48.6 Å². The van der Waals surface area contributed by atoms with E-state index in [-0.39, 0.29) is 0 Å². The molecule has 29 heavy (non-hydrogen) atoms. The van der Waals surface area contributed by atoms with Crippen LogP contribution in [0.25, 0.3) is 10.9 Å². The van der Waals surface area contributed by atoms with Gasteiger partial charge in [0, 0.05) is 37.2 Å². The second kappa shape index (κ2) is 9.87. The van der Waals surface area contributed by atoms with Gasteiger partial charge in [0.2, 0.25) is 0 Å². The average molecular weight is 395 g/mol. The number of fused-ring (bicyclic) bond motifs is 1. The maximum Gasteiger partial charge on any atom is 0.190 e. The summed E-state index contributed by atoms with van der Waals surface area (Å²) in [7, 11) is 5.09. The molecule has 1 heterocycles. The number of H-pyrrole nitrogens is 1. The summed E-state index contributed by atoms with van der Waals surface area (Å²) in [6.07, 6.45) is 3.90. The topological polar surface area (TPSA) is 70.7 Å². The fourth-order valence-electron chi connectivity index (χ4n) is 3.47. The van der Waals surface area contributed by atoms with Gasteiger partial charge in [0.05, 0.1) is 14.2 Å². The summed E-state index contributed by atoms with van der Waals surface area (Å²) < 4.78 is 10.7. The number of methoxy groups -OCH3 is 2. The minimum Gasteiger partial charge on any atom is -0.493 e. The summed E-state index contributed by atoms with van der Waals surface area (Å²) in [4.78, 5) is 7.70. The second-order valence-electron chi connectivity index (χ2n) is 6.93. The Labute approximate surface area is 172 Å². The quantitative estimate of drug-likeness (QED) is 0.404. The molecule has 2 aromatic carbocycles. The maximum atomic E-state index is 5.37. The van der Waals surface area contributed by atoms with Crippen molar-refractivity contribution in [2.75, 3.05) is 34.4 Å². The molecule has 0 atom stereocenters. The van der Waals surface area contributed by atoms with Crippen LogP contribution in [0.1, 0.15) is 16.7 Å². The summed E-state index contributed by atoms with van der Waals surface area (Å²) in [5, 5.41) is 8.06. The van der Waals surface area contributed by atoms with Crippen molar-refractivity contribution in [1.29, 1.82) is 0 Å². The highest BCUT2D eigenvalue weighted by atomic mass is 16.5. The van der Waals surface area contributed by atoms with E-state index in [1.54, 1.807) is 21.3 Å². The lowest BCUT2D eigenvalue weighted by molar-refractivity contribution is 0.354. The van der Waals surface area contributed by atoms with Crippen molar-refractivity contribution in [1.82, 2.24) is 15.6 Å². The largest absolute Gasteiger partial charge is 0.493 e. The van der Waals surface area contributed by atoms with E-state index in [1.165, 1.54) is 27.6 Å². The fourth-order valence-corrected chi connectivity index (χ4v) is 3.47. The lowest BCUT2D eigenvalue weighted by atomic mass is 10.1. The van der Waals surface area contributed by atoms with Crippen LogP contribution in [0.4, 0.5) is 0 Å². The normalized spacial score (nSPS) is 11.5. The molecule has 6 heteroatoms. The van der Waals surface area contributed by atoms with Crippen LogP contribution >= 0.6 is 0 Å². The molecule has 0 aliphatic carbocycles. The van der Waals surface area contributed by atoms with Crippen molar-refractivity contribution >= 4 is 16.9 Å². The highest BCUT2D eigenvalue weighted by Crippen LogP contribution is 2.27. The number of aromatic nitrogens is 1. The van der Waals surface area contributed by atoms with Crippen LogP contribution in [-0.2, 0) is 12.8 Å². The van der Waals surface area contributed by atoms with E-state index < -0.39 is 0 Å². The number of hydrogen-bond donors (Lipinski definition) is 3. The van der Waals surface area contributed by atoms with Crippen LogP contribution in [0.3, 0.4) is 0 Å². The van der Waals surface area contributed by atoms with Gasteiger partial charge < -0.3 is 25.1 Å². The summed E-state index contributed by atoms with van der Waals surface area (Å²) in [6, 6.07) is 12.4. The summed E-state index contributed by atoms with van der Waals surface area (Å²) in [5.74, 6) is 2.30. The number of nitrogens with one attached hydrogen (secondary N) is 3. The zero-order chi connectivity index (χ0) is 20.6. The van der Waals surface area contributed by atoms with E-state index in [0.29, 0.717) is 0 Å². The molecule has 3 rings (SSSR count). The Morgan fingerprint density at radius 1 is 1.00 bits per heavy atom. The van der Waals surface area contributed by atoms with E-state index in [0.717, 1.165) is 43.4 Å². The molecule has 0 saturated heterocycles. The van der Waals surface area contributed by atoms with Crippen molar-refractivity contribution in [3.63, 3.8) is 0 Å². The minimum atomic E-state index is 0.745. The number of nitrogens with zero attached hydrogens (tertiary/aromatic N) is 1. The lowest BCUT2D eigenvalue weighted by Crippen LogP contribution is -2.39. The number of rotatable bonds is 8. The Kier molecular flexibility index (Phi) is 7.00. The zero-order valence-electron chi connectivity index (χ0n) is 17.6. The molecule has 3 N–H and O–H groups in total. The molecule has 0 aliphatic heterocycles. The average Bonchev–Trinajstić information content (AvgIpc) is 3.17. The van der Waals surface area contributed by atoms with Crippen molar-refractivity contribution in [3.05, 3.63) is 59.3 Å². The third kappa shape index (κ3) is 5.02. The first kappa shape index (κ1) is 20.6. The van der Waals surface area contributed by atoms with E-state index in [9.17, 15) is 0 Å². The Morgan fingerprint density at radius 3 is 2.48 bits per heavy atom. The summed E-state index contributed by atoms with van der Waals surface area (Å²) >= 11 is 0. The fraction of sp³-hybridized carbons (Fsp3) is 0.348. The van der Waals surface area contributed by atoms with E-state index in [4.69, 9.17) is 9.47 Å². The van der Waals surface area contributed by atoms with Crippen LogP contribution in [0.2, 0.25) is 0 Å². The first-order valence-electron chi connectivity index (χ1n) is 9.87. The number of hydrogen-bond acceptors (Lipinski definition) is 3. The number of aliphatic imine (C=N–C) groups is 1. The number of benzene rings is 2. The maximum absolute atomic E-state index is 5.37. The molecular formula is C23H30N4O2. The third-order valence-electron chi connectivity index (χ3n) is 5.07. The van der Waals surface area contributed by atoms with Crippen LogP contribution in [0.15, 0.2) is 47.6 Å². The van der Waals surface area contributed by atoms with Gasteiger partial charge in [0.25, 0.3) is 0 Å². The number of ether oxygens (including phenoxy) is 2. The first-order valence-corrected chi connectivity index (χ1v) is 9.87. The van der Waals surface area contributed by atoms with Crippen molar-refractivity contribution in [3.8, 4) is 11.5 Å². The standard InChI is InChI=1S/C23H30N4O2/c1-16-6-5-7-19-18(15-27-22(16)19)11-13-26-23(24-2)25-12-10-17-8-9-20(28-3)21(14-17)29-4/h5-9,14-15,27H,10-13H2,1-4H3,(H2,24,25,26). The molecule has 0 bridgehead atoms. The van der Waals surface area contributed by atoms with Gasteiger partial charge in [-0.3, -0.25) is 4.99 Å². The van der Waals surface area contributed by atoms with Crippen molar-refractivity contribution < 1.29 is 9.47 Å². The SMILES string of the molecule is CN=C(NCCc1ccc(OC)c(OC)c1)NCCc1c[nH]c2c(C)cccc12. The van der Waals surface area contributed by atoms with Gasteiger partial charge in [0.1, 0.15) is 0 Å². The Balaban J connectivity index is 1.48. The van der Waals surface area contributed by atoms with Gasteiger partial charge in [-0.2, -0.15) is 0 Å². The molecule has 0 saturated carbocycles. The Bertz CT molecular complexity index is 978. The molecule has 6 nitrogen and oxygen atoms in total. The number of para-hydroxylation sites is 1. The van der Waals surface area contributed by atoms with Crippen LogP contribution in [-0.4, -0.2) is 45.3 Å². The van der Waals surface area contributed by atoms with Crippen molar-refractivity contribution in [2.45, 2.75) is 19.8 Å². The number of guanidine groups is 1. The number of aromatic amines is 1. The van der Waals surface area contributed by atoms with E-state index in [1.807, 2.05) is 12.1 Å². The second-order valence-corrected chi connectivity index (χ2v) is 6.93. The van der Waals surface area contributed by atoms with E-state index in [2.05, 4.69) is 58.0 Å². The van der Waals surface area contributed by atoms with Crippen LogP contribution < -0.4 is 20.1 Å². The predicted molar refractivity (Wildman–Crippen MR) is 119 cm³/mol. The first-order chi connectivity index (χ1) is 14.2. The minimum absolute atomic E-state index is 0.745. The van der Waals surface area contributed by atoms with Gasteiger partial charge in [0.15, 0.2) is 17.5 Å². The molecule has 0 amide bonds. The Hall–Kier alpha value is -3.15. The van der Waals surface area contributed by atoms with Crippen LogP contribution in [0, 0.1) is 6.92 Å². The Morgan fingerprint density at radius 2 is 1.76 bits per heavy atom. The van der Waals surface area contributed by atoms with Gasteiger partial charge in [-0.25, -0.2) is 0 Å². The molecule has 0 radical (unpaired) electrons. The van der Waals surface area contributed by atoms with Gasteiger partial charge in [-0.15, -0.1) is 0 Å².